The zero-order valence-corrected chi connectivity index (χ0v) is 14.4. The van der Waals surface area contributed by atoms with Crippen molar-refractivity contribution >= 4 is 29.7 Å². The van der Waals surface area contributed by atoms with Crippen LogP contribution in [0.15, 0.2) is 0 Å². The van der Waals surface area contributed by atoms with Crippen molar-refractivity contribution in [2.75, 3.05) is 31.2 Å². The van der Waals surface area contributed by atoms with Gasteiger partial charge in [0.05, 0.1) is 13.2 Å². The van der Waals surface area contributed by atoms with E-state index in [0.717, 1.165) is 5.75 Å². The molecule has 1 fully saturated rings. The van der Waals surface area contributed by atoms with Crippen molar-refractivity contribution in [3.63, 3.8) is 0 Å². The van der Waals surface area contributed by atoms with Gasteiger partial charge in [-0.05, 0) is 27.7 Å². The monoisotopic (exact) mass is 331 g/mol. The van der Waals surface area contributed by atoms with Crippen molar-refractivity contribution in [2.24, 2.45) is 0 Å². The van der Waals surface area contributed by atoms with Crippen LogP contribution >= 0.6 is 11.8 Å². The minimum atomic E-state index is -0.531. The molecular weight excluding hydrogens is 306 g/mol. The van der Waals surface area contributed by atoms with Crippen LogP contribution in [0.3, 0.4) is 0 Å². The smallest absolute Gasteiger partial charge is 0.324 e. The third-order valence-corrected chi connectivity index (χ3v) is 3.91. The molecule has 1 atom stereocenters. The summed E-state index contributed by atoms with van der Waals surface area (Å²) in [6.45, 7) is 8.17. The highest BCUT2D eigenvalue weighted by molar-refractivity contribution is 7.99. The lowest BCUT2D eigenvalue weighted by atomic mass is 10.1. The summed E-state index contributed by atoms with van der Waals surface area (Å²) in [4.78, 5) is 37.3. The van der Waals surface area contributed by atoms with Crippen molar-refractivity contribution in [3.05, 3.63) is 0 Å². The van der Waals surface area contributed by atoms with E-state index in [4.69, 9.17) is 4.74 Å². The molecule has 0 radical (unpaired) electrons. The second-order valence-corrected chi connectivity index (χ2v) is 7.22. The van der Waals surface area contributed by atoms with Crippen LogP contribution < -0.4 is 10.6 Å². The maximum absolute atomic E-state index is 12.0. The first-order valence-corrected chi connectivity index (χ1v) is 8.49. The highest BCUT2D eigenvalue weighted by Crippen LogP contribution is 2.17. The van der Waals surface area contributed by atoms with Gasteiger partial charge >= 0.3 is 12.0 Å². The fourth-order valence-corrected chi connectivity index (χ4v) is 3.11. The van der Waals surface area contributed by atoms with E-state index >= 15 is 0 Å². The third kappa shape index (κ3) is 6.65. The molecule has 126 valence electrons. The molecule has 1 aliphatic heterocycles. The average molecular weight is 331 g/mol. The van der Waals surface area contributed by atoms with Crippen LogP contribution in [0.1, 0.15) is 27.7 Å². The first kappa shape index (κ1) is 18.8. The number of hydrogen-bond donors (Lipinski definition) is 2. The quantitative estimate of drug-likeness (QED) is 0.733. The summed E-state index contributed by atoms with van der Waals surface area (Å²) in [5.41, 5.74) is -0.417. The predicted octanol–water partition coefficient (Wildman–Crippen LogP) is 0.591. The Morgan fingerprint density at radius 3 is 2.59 bits per heavy atom. The molecule has 0 aromatic carbocycles. The van der Waals surface area contributed by atoms with Gasteiger partial charge in [-0.25, -0.2) is 4.79 Å². The molecule has 1 unspecified atom stereocenters. The lowest BCUT2D eigenvalue weighted by Gasteiger charge is -2.32. The number of urea groups is 1. The van der Waals surface area contributed by atoms with Crippen molar-refractivity contribution in [3.8, 4) is 0 Å². The van der Waals surface area contributed by atoms with Gasteiger partial charge in [-0.3, -0.25) is 19.8 Å². The van der Waals surface area contributed by atoms with E-state index < -0.39 is 23.5 Å². The average Bonchev–Trinajstić information content (AvgIpc) is 2.36. The number of imide groups is 1. The lowest BCUT2D eigenvalue weighted by molar-refractivity contribution is -0.149. The number of carbonyl (C=O) groups is 3. The van der Waals surface area contributed by atoms with Crippen LogP contribution in [0.2, 0.25) is 0 Å². The number of nitrogens with zero attached hydrogens (tertiary/aromatic N) is 1. The molecule has 1 heterocycles. The van der Waals surface area contributed by atoms with Crippen molar-refractivity contribution in [2.45, 2.75) is 39.3 Å². The SMILES string of the molecule is CCOC(=O)C1CSCCN1CC(=O)NC(=O)NC(C)(C)C. The van der Waals surface area contributed by atoms with Gasteiger partial charge in [-0.2, -0.15) is 11.8 Å². The van der Waals surface area contributed by atoms with Gasteiger partial charge in [0.15, 0.2) is 0 Å². The molecule has 22 heavy (non-hydrogen) atoms. The van der Waals surface area contributed by atoms with Crippen molar-refractivity contribution in [1.29, 1.82) is 0 Å². The number of rotatable bonds is 4. The maximum Gasteiger partial charge on any atom is 0.324 e. The fourth-order valence-electron chi connectivity index (χ4n) is 2.01. The van der Waals surface area contributed by atoms with E-state index in [1.165, 1.54) is 0 Å². The van der Waals surface area contributed by atoms with Crippen LogP contribution in [0.25, 0.3) is 0 Å². The molecule has 0 aromatic rings. The second-order valence-electron chi connectivity index (χ2n) is 6.07. The van der Waals surface area contributed by atoms with Gasteiger partial charge in [-0.15, -0.1) is 0 Å². The number of esters is 1. The first-order valence-electron chi connectivity index (χ1n) is 7.33. The Labute approximate surface area is 135 Å². The largest absolute Gasteiger partial charge is 0.465 e. The highest BCUT2D eigenvalue weighted by atomic mass is 32.2. The van der Waals surface area contributed by atoms with Gasteiger partial charge < -0.3 is 10.1 Å². The molecule has 0 bridgehead atoms. The van der Waals surface area contributed by atoms with E-state index in [2.05, 4.69) is 10.6 Å². The number of carbonyl (C=O) groups excluding carboxylic acids is 3. The van der Waals surface area contributed by atoms with Crippen molar-refractivity contribution < 1.29 is 19.1 Å². The molecule has 1 rings (SSSR count). The lowest BCUT2D eigenvalue weighted by Crippen LogP contribution is -2.54. The molecule has 1 aliphatic rings. The Bertz CT molecular complexity index is 423. The summed E-state index contributed by atoms with van der Waals surface area (Å²) in [5, 5.41) is 4.94. The number of hydrogen-bond acceptors (Lipinski definition) is 6. The van der Waals surface area contributed by atoms with Crippen LogP contribution in [0.4, 0.5) is 4.79 Å². The minimum absolute atomic E-state index is 0.00159. The molecule has 0 aliphatic carbocycles. The normalized spacial score (nSPS) is 19.4. The molecule has 8 heteroatoms. The molecule has 0 aromatic heterocycles. The Balaban J connectivity index is 2.53. The molecule has 0 saturated carbocycles. The minimum Gasteiger partial charge on any atom is -0.465 e. The Kier molecular flexibility index (Phi) is 7.15. The topological polar surface area (TPSA) is 87.7 Å². The molecule has 1 saturated heterocycles. The van der Waals surface area contributed by atoms with Crippen LogP contribution in [-0.4, -0.2) is 65.6 Å². The van der Waals surface area contributed by atoms with Crippen LogP contribution in [-0.2, 0) is 14.3 Å². The molecule has 7 nitrogen and oxygen atoms in total. The van der Waals surface area contributed by atoms with E-state index in [-0.39, 0.29) is 12.5 Å². The zero-order chi connectivity index (χ0) is 16.8. The van der Waals surface area contributed by atoms with Gasteiger partial charge in [0, 0.05) is 23.6 Å². The predicted molar refractivity (Wildman–Crippen MR) is 85.7 cm³/mol. The first-order chi connectivity index (χ1) is 10.2. The summed E-state index contributed by atoms with van der Waals surface area (Å²) in [5.74, 6) is 0.696. The standard InChI is InChI=1S/C14H25N3O4S/c1-5-21-12(19)10-9-22-7-6-17(10)8-11(18)15-13(20)16-14(2,3)4/h10H,5-9H2,1-4H3,(H2,15,16,18,20). The van der Waals surface area contributed by atoms with Gasteiger partial charge in [0.2, 0.25) is 5.91 Å². The summed E-state index contributed by atoms with van der Waals surface area (Å²) in [7, 11) is 0. The molecular formula is C14H25N3O4S. The fraction of sp³-hybridized carbons (Fsp3) is 0.786. The van der Waals surface area contributed by atoms with E-state index in [0.29, 0.717) is 18.9 Å². The zero-order valence-electron chi connectivity index (χ0n) is 13.6. The summed E-state index contributed by atoms with van der Waals surface area (Å²) in [6, 6.07) is -0.966. The molecule has 3 amide bonds. The number of ether oxygens (including phenoxy) is 1. The third-order valence-electron chi connectivity index (χ3n) is 2.89. The second kappa shape index (κ2) is 8.38. The Hall–Kier alpha value is -1.28. The van der Waals surface area contributed by atoms with Gasteiger partial charge in [0.25, 0.3) is 0 Å². The van der Waals surface area contributed by atoms with Gasteiger partial charge in [-0.1, -0.05) is 0 Å². The Morgan fingerprint density at radius 2 is 2.00 bits per heavy atom. The van der Waals surface area contributed by atoms with E-state index in [1.807, 2.05) is 20.8 Å². The maximum atomic E-state index is 12.0. The summed E-state index contributed by atoms with van der Waals surface area (Å²) in [6.07, 6.45) is 0. The number of nitrogens with one attached hydrogen (secondary N) is 2. The molecule has 0 spiro atoms. The number of amides is 3. The van der Waals surface area contributed by atoms with Crippen LogP contribution in [0.5, 0.6) is 0 Å². The Morgan fingerprint density at radius 1 is 1.32 bits per heavy atom. The van der Waals surface area contributed by atoms with Crippen LogP contribution in [0, 0.1) is 0 Å². The van der Waals surface area contributed by atoms with E-state index in [1.54, 1.807) is 23.6 Å². The highest BCUT2D eigenvalue weighted by Gasteiger charge is 2.31. The number of thioether (sulfide) groups is 1. The van der Waals surface area contributed by atoms with Gasteiger partial charge in [0.1, 0.15) is 6.04 Å². The summed E-state index contributed by atoms with van der Waals surface area (Å²) >= 11 is 1.66. The van der Waals surface area contributed by atoms with E-state index in [9.17, 15) is 14.4 Å². The molecule has 2 N–H and O–H groups in total. The van der Waals surface area contributed by atoms with Crippen molar-refractivity contribution in [1.82, 2.24) is 15.5 Å². The summed E-state index contributed by atoms with van der Waals surface area (Å²) < 4.78 is 5.04.